The number of hydrogen-bond donors (Lipinski definition) is 2. The van der Waals surface area contributed by atoms with Crippen molar-refractivity contribution >= 4 is 32.6 Å². The van der Waals surface area contributed by atoms with Crippen LogP contribution in [0.3, 0.4) is 0 Å². The van der Waals surface area contributed by atoms with Gasteiger partial charge in [0.2, 0.25) is 0 Å². The number of anilines is 1. The van der Waals surface area contributed by atoms with Gasteiger partial charge in [0.1, 0.15) is 0 Å². The van der Waals surface area contributed by atoms with Crippen LogP contribution < -0.4 is 4.72 Å². The maximum absolute atomic E-state index is 12.7. The number of aryl methyl sites for hydroxylation is 2. The van der Waals surface area contributed by atoms with Gasteiger partial charge in [-0.15, -0.1) is 0 Å². The largest absolute Gasteiger partial charge is 0.481 e. The molecule has 0 aliphatic rings. The maximum Gasteiger partial charge on any atom is 0.307 e. The number of sulfonamides is 1. The molecule has 134 valence electrons. The average Bonchev–Trinajstić information content (AvgIpc) is 2.55. The zero-order valence-electron chi connectivity index (χ0n) is 14.4. The van der Waals surface area contributed by atoms with E-state index >= 15 is 0 Å². The van der Waals surface area contributed by atoms with Crippen LogP contribution in [0.4, 0.5) is 5.69 Å². The molecular formula is C19H18N2O4S. The molecule has 0 unspecified atom stereocenters. The summed E-state index contributed by atoms with van der Waals surface area (Å²) in [7, 11) is -3.82. The van der Waals surface area contributed by atoms with Gasteiger partial charge in [-0.3, -0.25) is 14.5 Å². The summed E-state index contributed by atoms with van der Waals surface area (Å²) in [5, 5.41) is 9.73. The lowest BCUT2D eigenvalue weighted by Crippen LogP contribution is -2.14. The van der Waals surface area contributed by atoms with Gasteiger partial charge in [-0.25, -0.2) is 8.42 Å². The first kappa shape index (κ1) is 17.9. The molecule has 0 aliphatic heterocycles. The lowest BCUT2D eigenvalue weighted by Gasteiger charge is -2.13. The highest BCUT2D eigenvalue weighted by atomic mass is 32.2. The van der Waals surface area contributed by atoms with Crippen molar-refractivity contribution in [1.29, 1.82) is 0 Å². The molecule has 2 aromatic carbocycles. The second kappa shape index (κ2) is 6.76. The smallest absolute Gasteiger partial charge is 0.307 e. The number of benzene rings is 2. The summed E-state index contributed by atoms with van der Waals surface area (Å²) in [6.07, 6.45) is -0.205. The van der Waals surface area contributed by atoms with E-state index < -0.39 is 16.0 Å². The van der Waals surface area contributed by atoms with Crippen molar-refractivity contribution in [3.8, 4) is 0 Å². The third kappa shape index (κ3) is 3.83. The molecule has 2 N–H and O–H groups in total. The van der Waals surface area contributed by atoms with Crippen molar-refractivity contribution in [2.75, 3.05) is 4.72 Å². The number of rotatable bonds is 5. The number of nitrogens with zero attached hydrogens (tertiary/aromatic N) is 1. The van der Waals surface area contributed by atoms with Crippen molar-refractivity contribution in [3.63, 3.8) is 0 Å². The second-order valence-corrected chi connectivity index (χ2v) is 7.84. The molecule has 0 fully saturated rings. The van der Waals surface area contributed by atoms with E-state index in [1.165, 1.54) is 18.2 Å². The van der Waals surface area contributed by atoms with Gasteiger partial charge in [0.15, 0.2) is 0 Å². The Morgan fingerprint density at radius 1 is 1.08 bits per heavy atom. The molecule has 3 aromatic rings. The Balaban J connectivity index is 2.11. The van der Waals surface area contributed by atoms with E-state index in [0.717, 1.165) is 11.3 Å². The molecule has 0 amide bonds. The Bertz CT molecular complexity index is 1090. The molecule has 0 saturated heterocycles. The molecule has 0 atom stereocenters. The number of aromatic nitrogens is 1. The van der Waals surface area contributed by atoms with Gasteiger partial charge in [-0.05, 0) is 49.7 Å². The van der Waals surface area contributed by atoms with Crippen LogP contribution in [0.5, 0.6) is 0 Å². The van der Waals surface area contributed by atoms with Gasteiger partial charge >= 0.3 is 5.97 Å². The summed E-state index contributed by atoms with van der Waals surface area (Å²) >= 11 is 0. The third-order valence-electron chi connectivity index (χ3n) is 3.92. The summed E-state index contributed by atoms with van der Waals surface area (Å²) in [4.78, 5) is 15.6. The Labute approximate surface area is 151 Å². The monoisotopic (exact) mass is 370 g/mol. The van der Waals surface area contributed by atoms with Gasteiger partial charge in [0, 0.05) is 11.1 Å². The minimum Gasteiger partial charge on any atom is -0.481 e. The van der Waals surface area contributed by atoms with Crippen molar-refractivity contribution < 1.29 is 18.3 Å². The van der Waals surface area contributed by atoms with Crippen molar-refractivity contribution in [1.82, 2.24) is 4.98 Å². The number of hydrogen-bond acceptors (Lipinski definition) is 4. The van der Waals surface area contributed by atoms with Crippen molar-refractivity contribution in [2.45, 2.75) is 25.2 Å². The molecule has 7 heteroatoms. The number of fused-ring (bicyclic) bond motifs is 1. The summed E-state index contributed by atoms with van der Waals surface area (Å²) < 4.78 is 28.0. The third-order valence-corrected chi connectivity index (χ3v) is 5.30. The SMILES string of the molecule is Cc1ccc(S(=O)(=O)Nc2cc(CC(=O)O)cc3ccc(C)nc23)cc1. The number of carboxylic acid groups (broad SMARTS) is 1. The first-order valence-electron chi connectivity index (χ1n) is 7.96. The van der Waals surface area contributed by atoms with E-state index in [0.29, 0.717) is 16.5 Å². The standard InChI is InChI=1S/C19H18N2O4S/c1-12-3-7-16(8-4-12)26(24,25)21-17-10-14(11-18(22)23)9-15-6-5-13(2)20-19(15)17/h3-10,21H,11H2,1-2H3,(H,22,23). The summed E-state index contributed by atoms with van der Waals surface area (Å²) in [5.74, 6) is -0.989. The number of carboxylic acids is 1. The highest BCUT2D eigenvalue weighted by Gasteiger charge is 2.17. The lowest BCUT2D eigenvalue weighted by atomic mass is 10.1. The first-order valence-corrected chi connectivity index (χ1v) is 9.44. The highest BCUT2D eigenvalue weighted by molar-refractivity contribution is 7.92. The van der Waals surface area contributed by atoms with Crippen LogP contribution in [0.25, 0.3) is 10.9 Å². The molecule has 1 aromatic heterocycles. The maximum atomic E-state index is 12.7. The number of aliphatic carboxylic acids is 1. The Morgan fingerprint density at radius 2 is 1.77 bits per heavy atom. The van der Waals surface area contributed by atoms with Crippen LogP contribution in [-0.4, -0.2) is 24.5 Å². The molecule has 0 radical (unpaired) electrons. The predicted molar refractivity (Wildman–Crippen MR) is 99.8 cm³/mol. The van der Waals surface area contributed by atoms with Crippen molar-refractivity contribution in [2.24, 2.45) is 0 Å². The quantitative estimate of drug-likeness (QED) is 0.718. The van der Waals surface area contributed by atoms with Crippen LogP contribution in [0.1, 0.15) is 16.8 Å². The van der Waals surface area contributed by atoms with E-state index in [1.807, 2.05) is 13.8 Å². The number of nitrogens with one attached hydrogen (secondary N) is 1. The minimum atomic E-state index is -3.82. The average molecular weight is 370 g/mol. The van der Waals surface area contributed by atoms with E-state index in [2.05, 4.69) is 9.71 Å². The normalized spacial score (nSPS) is 11.5. The van der Waals surface area contributed by atoms with Crippen molar-refractivity contribution in [3.05, 3.63) is 65.4 Å². The van der Waals surface area contributed by atoms with Gasteiger partial charge < -0.3 is 5.11 Å². The van der Waals surface area contributed by atoms with Gasteiger partial charge in [0.25, 0.3) is 10.0 Å². The summed E-state index contributed by atoms with van der Waals surface area (Å²) in [6, 6.07) is 13.3. The van der Waals surface area contributed by atoms with E-state index in [-0.39, 0.29) is 17.0 Å². The summed E-state index contributed by atoms with van der Waals surface area (Å²) in [5.41, 5.74) is 2.93. The minimum absolute atomic E-state index is 0.132. The van der Waals surface area contributed by atoms with E-state index in [9.17, 15) is 13.2 Å². The topological polar surface area (TPSA) is 96.4 Å². The molecule has 0 bridgehead atoms. The van der Waals surface area contributed by atoms with Crippen LogP contribution in [0.15, 0.2) is 53.4 Å². The zero-order chi connectivity index (χ0) is 18.9. The summed E-state index contributed by atoms with van der Waals surface area (Å²) in [6.45, 7) is 3.68. The van der Waals surface area contributed by atoms with Crippen LogP contribution in [0, 0.1) is 13.8 Å². The molecule has 0 saturated carbocycles. The Morgan fingerprint density at radius 3 is 2.42 bits per heavy atom. The van der Waals surface area contributed by atoms with E-state index in [4.69, 9.17) is 5.11 Å². The number of carbonyl (C=O) groups is 1. The van der Waals surface area contributed by atoms with Gasteiger partial charge in [-0.2, -0.15) is 0 Å². The fraction of sp³-hybridized carbons (Fsp3) is 0.158. The highest BCUT2D eigenvalue weighted by Crippen LogP contribution is 2.27. The molecule has 26 heavy (non-hydrogen) atoms. The Kier molecular flexibility index (Phi) is 4.65. The fourth-order valence-corrected chi connectivity index (χ4v) is 3.73. The molecule has 3 rings (SSSR count). The van der Waals surface area contributed by atoms with Gasteiger partial charge in [0.05, 0.1) is 22.5 Å². The van der Waals surface area contributed by atoms with E-state index in [1.54, 1.807) is 30.3 Å². The molecule has 6 nitrogen and oxygen atoms in total. The first-order chi connectivity index (χ1) is 12.2. The Hall–Kier alpha value is -2.93. The molecular weight excluding hydrogens is 352 g/mol. The fourth-order valence-electron chi connectivity index (χ4n) is 2.67. The van der Waals surface area contributed by atoms with Crippen LogP contribution >= 0.6 is 0 Å². The zero-order valence-corrected chi connectivity index (χ0v) is 15.2. The molecule has 0 aliphatic carbocycles. The lowest BCUT2D eigenvalue weighted by molar-refractivity contribution is -0.136. The van der Waals surface area contributed by atoms with Gasteiger partial charge in [-0.1, -0.05) is 23.8 Å². The van der Waals surface area contributed by atoms with Crippen LogP contribution in [0.2, 0.25) is 0 Å². The second-order valence-electron chi connectivity index (χ2n) is 6.16. The molecule has 0 spiro atoms. The van der Waals surface area contributed by atoms with Crippen LogP contribution in [-0.2, 0) is 21.2 Å². The predicted octanol–water partition coefficient (Wildman–Crippen LogP) is 3.28. The molecule has 1 heterocycles. The number of pyridine rings is 1.